The topological polar surface area (TPSA) is 79.9 Å². The van der Waals surface area contributed by atoms with Crippen LogP contribution in [-0.2, 0) is 16.1 Å². The Hall–Kier alpha value is -4.10. The second-order valence-corrected chi connectivity index (χ2v) is 8.99. The number of rotatable bonds is 6. The van der Waals surface area contributed by atoms with Gasteiger partial charge in [-0.2, -0.15) is 0 Å². The number of carbonyl (C=O) groups is 2. The van der Waals surface area contributed by atoms with E-state index in [2.05, 4.69) is 32.4 Å². The predicted molar refractivity (Wildman–Crippen MR) is 141 cm³/mol. The van der Waals surface area contributed by atoms with Gasteiger partial charge in [-0.15, -0.1) is 0 Å². The van der Waals surface area contributed by atoms with Crippen LogP contribution in [0.5, 0.6) is 5.75 Å². The quantitative estimate of drug-likeness (QED) is 0.264. The Labute approximate surface area is 210 Å². The second-order valence-electron chi connectivity index (χ2n) is 8.99. The van der Waals surface area contributed by atoms with E-state index in [1.165, 1.54) is 31.9 Å². The van der Waals surface area contributed by atoms with E-state index >= 15 is 0 Å². The van der Waals surface area contributed by atoms with E-state index in [-0.39, 0.29) is 5.91 Å². The zero-order valence-electron chi connectivity index (χ0n) is 20.3. The van der Waals surface area contributed by atoms with Gasteiger partial charge in [0.1, 0.15) is 5.75 Å². The molecule has 0 aliphatic carbocycles. The molecule has 0 aromatic heterocycles. The molecule has 1 amide bonds. The van der Waals surface area contributed by atoms with Gasteiger partial charge in [0, 0.05) is 23.5 Å². The second kappa shape index (κ2) is 10.7. The minimum atomic E-state index is -0.816. The number of nitrogens with zero attached hydrogens (tertiary/aromatic N) is 1. The number of fused-ring (bicyclic) bond motifs is 1. The first-order valence-corrected chi connectivity index (χ1v) is 12.2. The molecule has 2 N–H and O–H groups in total. The molecule has 3 aromatic carbocycles. The first kappa shape index (κ1) is 23.6. The number of ether oxygens (including phenoxy) is 2. The Kier molecular flexibility index (Phi) is 7.00. The summed E-state index contributed by atoms with van der Waals surface area (Å²) in [6.45, 7) is 3.26. The van der Waals surface area contributed by atoms with Gasteiger partial charge in [0.05, 0.1) is 18.4 Å². The number of piperidine rings is 1. The molecule has 2 heterocycles. The number of amides is 1. The first-order valence-electron chi connectivity index (χ1n) is 12.2. The Morgan fingerprint density at radius 1 is 0.972 bits per heavy atom. The van der Waals surface area contributed by atoms with Crippen molar-refractivity contribution >= 4 is 34.7 Å². The Bertz CT molecular complexity index is 1280. The average Bonchev–Trinajstić information content (AvgIpc) is 3.24. The minimum absolute atomic E-state index is 0.228. The number of methoxy groups -OCH3 is 1. The number of likely N-dealkylation sites (tertiary alicyclic amines) is 1. The fraction of sp³-hybridized carbons (Fsp3) is 0.241. The van der Waals surface area contributed by atoms with Crippen LogP contribution in [0.1, 0.15) is 36.0 Å². The van der Waals surface area contributed by atoms with E-state index in [0.29, 0.717) is 28.3 Å². The van der Waals surface area contributed by atoms with E-state index in [4.69, 9.17) is 4.74 Å². The molecular weight excluding hydrogens is 454 g/mol. The zero-order valence-corrected chi connectivity index (χ0v) is 20.3. The smallest absolute Gasteiger partial charge is 0.437 e. The number of anilines is 2. The molecule has 7 heteroatoms. The van der Waals surface area contributed by atoms with Crippen LogP contribution in [0.3, 0.4) is 0 Å². The van der Waals surface area contributed by atoms with Gasteiger partial charge in [0.25, 0.3) is 5.91 Å². The molecule has 2 aliphatic heterocycles. The van der Waals surface area contributed by atoms with Crippen LogP contribution in [0.25, 0.3) is 11.3 Å². The van der Waals surface area contributed by atoms with Gasteiger partial charge in [0.2, 0.25) is 0 Å². The lowest BCUT2D eigenvalue weighted by Crippen LogP contribution is -2.29. The van der Waals surface area contributed by atoms with Gasteiger partial charge in [-0.3, -0.25) is 9.69 Å². The molecule has 1 fully saturated rings. The van der Waals surface area contributed by atoms with E-state index in [0.717, 1.165) is 30.9 Å². The molecule has 3 aromatic rings. The molecule has 36 heavy (non-hydrogen) atoms. The van der Waals surface area contributed by atoms with Crippen molar-refractivity contribution in [1.82, 2.24) is 4.90 Å². The van der Waals surface area contributed by atoms with Crippen molar-refractivity contribution in [2.75, 3.05) is 30.8 Å². The van der Waals surface area contributed by atoms with E-state index in [9.17, 15) is 9.59 Å². The number of benzene rings is 3. The van der Waals surface area contributed by atoms with E-state index < -0.39 is 6.16 Å². The van der Waals surface area contributed by atoms with Gasteiger partial charge < -0.3 is 20.1 Å². The average molecular weight is 484 g/mol. The van der Waals surface area contributed by atoms with Gasteiger partial charge in [-0.05, 0) is 67.4 Å². The highest BCUT2D eigenvalue weighted by atomic mass is 16.7. The van der Waals surface area contributed by atoms with Crippen molar-refractivity contribution in [3.63, 3.8) is 0 Å². The minimum Gasteiger partial charge on any atom is -0.437 e. The summed E-state index contributed by atoms with van der Waals surface area (Å²) >= 11 is 0. The highest BCUT2D eigenvalue weighted by Gasteiger charge is 2.29. The summed E-state index contributed by atoms with van der Waals surface area (Å²) in [7, 11) is 1.25. The summed E-state index contributed by atoms with van der Waals surface area (Å²) in [6.07, 6.45) is 3.04. The Morgan fingerprint density at radius 2 is 1.72 bits per heavy atom. The molecule has 184 valence electrons. The lowest BCUT2D eigenvalue weighted by molar-refractivity contribution is -0.110. The molecule has 0 atom stereocenters. The number of nitrogens with one attached hydrogen (secondary N) is 2. The molecule has 0 bridgehead atoms. The monoisotopic (exact) mass is 483 g/mol. The lowest BCUT2D eigenvalue weighted by Gasteiger charge is -2.26. The van der Waals surface area contributed by atoms with Crippen LogP contribution in [-0.4, -0.2) is 37.2 Å². The van der Waals surface area contributed by atoms with Crippen molar-refractivity contribution in [2.45, 2.75) is 25.8 Å². The van der Waals surface area contributed by atoms with Crippen LogP contribution in [0.2, 0.25) is 0 Å². The van der Waals surface area contributed by atoms with Gasteiger partial charge in [0.15, 0.2) is 0 Å². The highest BCUT2D eigenvalue weighted by Crippen LogP contribution is 2.39. The molecule has 5 rings (SSSR count). The standard InChI is InChI=1S/C29H29N3O4/c1-35-29(34)36-23-14-15-25-24(18-23)26(28(33)31-25)27(21-8-4-2-5-9-21)30-22-12-10-20(11-13-22)19-32-16-6-3-7-17-32/h2,4-5,8-15,18,30H,3,6-7,16-17,19H2,1H3,(H,31,33)/b27-26-. The van der Waals surface area contributed by atoms with Gasteiger partial charge in [-0.1, -0.05) is 48.9 Å². The molecule has 0 radical (unpaired) electrons. The summed E-state index contributed by atoms with van der Waals surface area (Å²) in [5.74, 6) is 0.0670. The summed E-state index contributed by atoms with van der Waals surface area (Å²) in [6, 6.07) is 23.1. The van der Waals surface area contributed by atoms with Crippen molar-refractivity contribution in [3.05, 3.63) is 89.5 Å². The van der Waals surface area contributed by atoms with Crippen molar-refractivity contribution in [3.8, 4) is 5.75 Å². The summed E-state index contributed by atoms with van der Waals surface area (Å²) in [5, 5.41) is 6.40. The van der Waals surface area contributed by atoms with Crippen LogP contribution in [0.4, 0.5) is 16.2 Å². The molecule has 0 saturated carbocycles. The molecule has 7 nitrogen and oxygen atoms in total. The number of hydrogen-bond donors (Lipinski definition) is 2. The van der Waals surface area contributed by atoms with Crippen LogP contribution in [0.15, 0.2) is 72.8 Å². The maximum absolute atomic E-state index is 13.2. The third-order valence-electron chi connectivity index (χ3n) is 6.49. The summed E-state index contributed by atoms with van der Waals surface area (Å²) in [4.78, 5) is 27.3. The van der Waals surface area contributed by atoms with Crippen molar-refractivity contribution in [1.29, 1.82) is 0 Å². The fourth-order valence-corrected chi connectivity index (χ4v) is 4.69. The maximum Gasteiger partial charge on any atom is 0.513 e. The summed E-state index contributed by atoms with van der Waals surface area (Å²) in [5.41, 5.74) is 5.47. The molecular formula is C29H29N3O4. The maximum atomic E-state index is 13.2. The van der Waals surface area contributed by atoms with Crippen molar-refractivity contribution < 1.29 is 19.1 Å². The van der Waals surface area contributed by atoms with Gasteiger partial charge >= 0.3 is 6.16 Å². The zero-order chi connectivity index (χ0) is 24.9. The largest absolute Gasteiger partial charge is 0.513 e. The number of hydrogen-bond acceptors (Lipinski definition) is 6. The third kappa shape index (κ3) is 5.26. The Morgan fingerprint density at radius 3 is 2.44 bits per heavy atom. The molecule has 1 saturated heterocycles. The Balaban J connectivity index is 1.48. The lowest BCUT2D eigenvalue weighted by atomic mass is 9.99. The normalized spacial score (nSPS) is 16.6. The fourth-order valence-electron chi connectivity index (χ4n) is 4.69. The van der Waals surface area contributed by atoms with Crippen LogP contribution in [0, 0.1) is 0 Å². The van der Waals surface area contributed by atoms with Crippen LogP contribution < -0.4 is 15.4 Å². The van der Waals surface area contributed by atoms with E-state index in [1.807, 2.05) is 42.5 Å². The SMILES string of the molecule is COC(=O)Oc1ccc2c(c1)/C(=C(/Nc1ccc(CN3CCCCC3)cc1)c1ccccc1)C(=O)N2. The molecule has 0 unspecified atom stereocenters. The summed E-state index contributed by atoms with van der Waals surface area (Å²) < 4.78 is 9.81. The number of carbonyl (C=O) groups excluding carboxylic acids is 2. The predicted octanol–water partition coefficient (Wildman–Crippen LogP) is 5.75. The van der Waals surface area contributed by atoms with Crippen LogP contribution >= 0.6 is 0 Å². The third-order valence-corrected chi connectivity index (χ3v) is 6.49. The van der Waals surface area contributed by atoms with Crippen molar-refractivity contribution in [2.24, 2.45) is 0 Å². The first-order chi connectivity index (χ1) is 17.6. The molecule has 0 spiro atoms. The molecule has 2 aliphatic rings. The highest BCUT2D eigenvalue weighted by molar-refractivity contribution is 6.37. The van der Waals surface area contributed by atoms with E-state index in [1.54, 1.807) is 18.2 Å². The van der Waals surface area contributed by atoms with Gasteiger partial charge in [-0.25, -0.2) is 4.79 Å².